The Hall–Kier alpha value is -1.73. The van der Waals surface area contributed by atoms with Gasteiger partial charge in [-0.15, -0.1) is 11.3 Å². The van der Waals surface area contributed by atoms with Crippen LogP contribution in [-0.2, 0) is 13.0 Å². The average molecular weight is 426 g/mol. The van der Waals surface area contributed by atoms with Crippen molar-refractivity contribution in [1.29, 1.82) is 0 Å². The van der Waals surface area contributed by atoms with E-state index in [1.807, 2.05) is 19.2 Å². The SMILES string of the molecule is CN=C(NCc1cc(Br)cs1)N(C)CCc1ccc(OC)c(OC)c1. The van der Waals surface area contributed by atoms with E-state index in [0.29, 0.717) is 0 Å². The number of rotatable bonds is 7. The lowest BCUT2D eigenvalue weighted by Gasteiger charge is -2.22. The summed E-state index contributed by atoms with van der Waals surface area (Å²) in [6, 6.07) is 8.14. The van der Waals surface area contributed by atoms with Gasteiger partial charge in [-0.1, -0.05) is 6.07 Å². The van der Waals surface area contributed by atoms with Crippen LogP contribution in [0.4, 0.5) is 0 Å². The van der Waals surface area contributed by atoms with Gasteiger partial charge in [-0.05, 0) is 46.1 Å². The molecule has 0 unspecified atom stereocenters. The van der Waals surface area contributed by atoms with Gasteiger partial charge in [0.15, 0.2) is 17.5 Å². The van der Waals surface area contributed by atoms with E-state index in [1.54, 1.807) is 32.6 Å². The van der Waals surface area contributed by atoms with Crippen molar-refractivity contribution in [2.75, 3.05) is 34.9 Å². The molecule has 25 heavy (non-hydrogen) atoms. The summed E-state index contributed by atoms with van der Waals surface area (Å²) in [5.74, 6) is 2.39. The molecule has 2 aromatic rings. The maximum Gasteiger partial charge on any atom is 0.193 e. The first-order chi connectivity index (χ1) is 12.1. The molecule has 0 saturated heterocycles. The zero-order chi connectivity index (χ0) is 18.2. The quantitative estimate of drug-likeness (QED) is 0.541. The van der Waals surface area contributed by atoms with Gasteiger partial charge in [0.25, 0.3) is 0 Å². The molecule has 0 amide bonds. The number of nitrogens with zero attached hydrogens (tertiary/aromatic N) is 2. The van der Waals surface area contributed by atoms with Crippen LogP contribution < -0.4 is 14.8 Å². The monoisotopic (exact) mass is 425 g/mol. The Kier molecular flexibility index (Phi) is 7.58. The lowest BCUT2D eigenvalue weighted by Crippen LogP contribution is -2.39. The summed E-state index contributed by atoms with van der Waals surface area (Å²) in [5.41, 5.74) is 1.20. The van der Waals surface area contributed by atoms with Gasteiger partial charge in [0.2, 0.25) is 0 Å². The fourth-order valence-corrected chi connectivity index (χ4v) is 3.83. The molecular weight excluding hydrogens is 402 g/mol. The van der Waals surface area contributed by atoms with Gasteiger partial charge in [-0.3, -0.25) is 4.99 Å². The van der Waals surface area contributed by atoms with Crippen molar-refractivity contribution in [3.05, 3.63) is 44.6 Å². The van der Waals surface area contributed by atoms with E-state index in [4.69, 9.17) is 9.47 Å². The molecule has 0 radical (unpaired) electrons. The van der Waals surface area contributed by atoms with Gasteiger partial charge in [0.1, 0.15) is 0 Å². The molecule has 136 valence electrons. The Morgan fingerprint density at radius 1 is 1.24 bits per heavy atom. The Morgan fingerprint density at radius 3 is 2.60 bits per heavy atom. The third kappa shape index (κ3) is 5.64. The largest absolute Gasteiger partial charge is 0.493 e. The van der Waals surface area contributed by atoms with E-state index in [-0.39, 0.29) is 0 Å². The summed E-state index contributed by atoms with van der Waals surface area (Å²) in [6.07, 6.45) is 0.891. The van der Waals surface area contributed by atoms with Crippen LogP contribution in [-0.4, -0.2) is 45.7 Å². The van der Waals surface area contributed by atoms with E-state index in [2.05, 4.69) is 48.7 Å². The van der Waals surface area contributed by atoms with Gasteiger partial charge in [-0.2, -0.15) is 0 Å². The molecule has 5 nitrogen and oxygen atoms in total. The number of likely N-dealkylation sites (N-methyl/N-ethyl adjacent to an activating group) is 1. The van der Waals surface area contributed by atoms with Crippen molar-refractivity contribution in [2.45, 2.75) is 13.0 Å². The number of guanidine groups is 1. The minimum Gasteiger partial charge on any atom is -0.493 e. The van der Waals surface area contributed by atoms with Crippen molar-refractivity contribution >= 4 is 33.2 Å². The molecule has 2 rings (SSSR count). The van der Waals surface area contributed by atoms with Crippen LogP contribution >= 0.6 is 27.3 Å². The molecule has 0 fully saturated rings. The Morgan fingerprint density at radius 2 is 2.00 bits per heavy atom. The number of halogens is 1. The molecule has 0 aliphatic rings. The molecule has 0 aliphatic heterocycles. The van der Waals surface area contributed by atoms with Crippen molar-refractivity contribution in [3.63, 3.8) is 0 Å². The molecule has 1 aromatic heterocycles. The number of hydrogen-bond donors (Lipinski definition) is 1. The molecular formula is C18H24BrN3O2S. The molecule has 0 spiro atoms. The molecule has 0 aliphatic carbocycles. The maximum absolute atomic E-state index is 5.36. The highest BCUT2D eigenvalue weighted by Crippen LogP contribution is 2.27. The second kappa shape index (κ2) is 9.68. The summed E-state index contributed by atoms with van der Waals surface area (Å²) in [4.78, 5) is 7.75. The summed E-state index contributed by atoms with van der Waals surface area (Å²) in [7, 11) is 7.15. The second-order valence-corrected chi connectivity index (χ2v) is 7.40. The highest BCUT2D eigenvalue weighted by atomic mass is 79.9. The third-order valence-corrected chi connectivity index (χ3v) is 5.50. The van der Waals surface area contributed by atoms with Crippen LogP contribution in [0.3, 0.4) is 0 Å². The predicted octanol–water partition coefficient (Wildman–Crippen LogP) is 3.78. The smallest absolute Gasteiger partial charge is 0.193 e. The molecule has 0 saturated carbocycles. The average Bonchev–Trinajstić information content (AvgIpc) is 3.05. The number of benzene rings is 1. The molecule has 0 atom stereocenters. The van der Waals surface area contributed by atoms with Crippen molar-refractivity contribution < 1.29 is 9.47 Å². The number of hydrogen-bond acceptors (Lipinski definition) is 4. The van der Waals surface area contributed by atoms with Crippen LogP contribution in [0.1, 0.15) is 10.4 Å². The number of aliphatic imine (C=N–C) groups is 1. The fraction of sp³-hybridized carbons (Fsp3) is 0.389. The lowest BCUT2D eigenvalue weighted by molar-refractivity contribution is 0.354. The Bertz CT molecular complexity index is 718. The first-order valence-electron chi connectivity index (χ1n) is 7.93. The van der Waals surface area contributed by atoms with Crippen LogP contribution in [0.15, 0.2) is 39.1 Å². The van der Waals surface area contributed by atoms with Crippen LogP contribution in [0.2, 0.25) is 0 Å². The molecule has 1 heterocycles. The van der Waals surface area contributed by atoms with E-state index in [9.17, 15) is 0 Å². The Balaban J connectivity index is 1.90. The first-order valence-corrected chi connectivity index (χ1v) is 9.60. The van der Waals surface area contributed by atoms with Crippen LogP contribution in [0.5, 0.6) is 11.5 Å². The highest BCUT2D eigenvalue weighted by Gasteiger charge is 2.09. The molecule has 7 heteroatoms. The van der Waals surface area contributed by atoms with Crippen LogP contribution in [0.25, 0.3) is 0 Å². The standard InChI is InChI=1S/C18H24BrN3O2S/c1-20-18(21-11-15-10-14(19)12-25-15)22(2)8-7-13-5-6-16(23-3)17(9-13)24-4/h5-6,9-10,12H,7-8,11H2,1-4H3,(H,20,21). The minimum atomic E-state index is 0.749. The summed E-state index contributed by atoms with van der Waals surface area (Å²) < 4.78 is 11.8. The van der Waals surface area contributed by atoms with Crippen molar-refractivity contribution in [2.24, 2.45) is 4.99 Å². The number of methoxy groups -OCH3 is 2. The van der Waals surface area contributed by atoms with Crippen molar-refractivity contribution in [3.8, 4) is 11.5 Å². The van der Waals surface area contributed by atoms with E-state index in [1.165, 1.54) is 10.4 Å². The number of nitrogens with one attached hydrogen (secondary N) is 1. The van der Waals surface area contributed by atoms with Gasteiger partial charge < -0.3 is 19.7 Å². The summed E-state index contributed by atoms with van der Waals surface area (Å²) in [5, 5.41) is 5.48. The normalized spacial score (nSPS) is 11.3. The Labute approximate surface area is 161 Å². The van der Waals surface area contributed by atoms with Crippen LogP contribution in [0, 0.1) is 0 Å². The highest BCUT2D eigenvalue weighted by molar-refractivity contribution is 9.10. The fourth-order valence-electron chi connectivity index (χ4n) is 2.44. The zero-order valence-corrected chi connectivity index (χ0v) is 17.4. The van der Waals surface area contributed by atoms with Gasteiger partial charge >= 0.3 is 0 Å². The number of ether oxygens (including phenoxy) is 2. The van der Waals surface area contributed by atoms with Gasteiger partial charge in [0.05, 0.1) is 20.8 Å². The van der Waals surface area contributed by atoms with Gasteiger partial charge in [0, 0.05) is 35.4 Å². The molecule has 1 aromatic carbocycles. The lowest BCUT2D eigenvalue weighted by atomic mass is 10.1. The summed E-state index contributed by atoms with van der Waals surface area (Å²) in [6.45, 7) is 1.62. The predicted molar refractivity (Wildman–Crippen MR) is 108 cm³/mol. The zero-order valence-electron chi connectivity index (χ0n) is 15.0. The first kappa shape index (κ1) is 19.6. The third-order valence-electron chi connectivity index (χ3n) is 3.80. The summed E-state index contributed by atoms with van der Waals surface area (Å²) >= 11 is 5.20. The van der Waals surface area contributed by atoms with Gasteiger partial charge in [-0.25, -0.2) is 0 Å². The van der Waals surface area contributed by atoms with Crippen molar-refractivity contribution in [1.82, 2.24) is 10.2 Å². The minimum absolute atomic E-state index is 0.749. The topological polar surface area (TPSA) is 46.1 Å². The van der Waals surface area contributed by atoms with E-state index in [0.717, 1.165) is 41.4 Å². The number of thiophene rings is 1. The van der Waals surface area contributed by atoms with E-state index >= 15 is 0 Å². The molecule has 0 bridgehead atoms. The van der Waals surface area contributed by atoms with E-state index < -0.39 is 0 Å². The molecule has 1 N–H and O–H groups in total. The maximum atomic E-state index is 5.36. The second-order valence-electron chi connectivity index (χ2n) is 5.49.